The van der Waals surface area contributed by atoms with Crippen LogP contribution in [0.5, 0.6) is 0 Å². The predicted octanol–water partition coefficient (Wildman–Crippen LogP) is 1.67. The molecule has 1 aliphatic heterocycles. The molecular formula is C18H27N5O2. The van der Waals surface area contributed by atoms with Crippen molar-refractivity contribution in [3.63, 3.8) is 0 Å². The molecule has 7 heteroatoms. The van der Waals surface area contributed by atoms with Crippen molar-refractivity contribution in [2.24, 2.45) is 13.0 Å². The van der Waals surface area contributed by atoms with Crippen LogP contribution < -0.4 is 0 Å². The molecule has 1 unspecified atom stereocenters. The molecule has 136 valence electrons. The lowest BCUT2D eigenvalue weighted by molar-refractivity contribution is 0.0666. The van der Waals surface area contributed by atoms with Crippen molar-refractivity contribution in [3.8, 4) is 0 Å². The maximum atomic E-state index is 12.6. The van der Waals surface area contributed by atoms with Crippen LogP contribution in [0.2, 0.25) is 0 Å². The van der Waals surface area contributed by atoms with Crippen LogP contribution >= 0.6 is 0 Å². The van der Waals surface area contributed by atoms with Gasteiger partial charge in [-0.15, -0.1) is 0 Å². The number of nitrogens with zero attached hydrogens (tertiary/aromatic N) is 5. The second-order valence-corrected chi connectivity index (χ2v) is 6.85. The Balaban J connectivity index is 1.65. The summed E-state index contributed by atoms with van der Waals surface area (Å²) < 4.78 is 9.24. The highest BCUT2D eigenvalue weighted by Gasteiger charge is 2.26. The fourth-order valence-electron chi connectivity index (χ4n) is 3.52. The lowest BCUT2D eigenvalue weighted by Gasteiger charge is -2.32. The van der Waals surface area contributed by atoms with Crippen LogP contribution in [-0.2, 0) is 24.8 Å². The summed E-state index contributed by atoms with van der Waals surface area (Å²) in [5.74, 6) is 1.56. The Bertz CT molecular complexity index is 721. The highest BCUT2D eigenvalue weighted by atomic mass is 16.5. The van der Waals surface area contributed by atoms with Gasteiger partial charge in [0.05, 0.1) is 12.9 Å². The minimum Gasteiger partial charge on any atom is -0.383 e. The Morgan fingerprint density at radius 1 is 1.40 bits per heavy atom. The number of piperidine rings is 1. The molecule has 2 aromatic heterocycles. The van der Waals surface area contributed by atoms with Gasteiger partial charge in [-0.05, 0) is 25.7 Å². The molecule has 1 fully saturated rings. The fraction of sp³-hybridized carbons (Fsp3) is 0.611. The van der Waals surface area contributed by atoms with Crippen LogP contribution in [0.15, 0.2) is 18.7 Å². The maximum absolute atomic E-state index is 12.6. The molecule has 25 heavy (non-hydrogen) atoms. The molecule has 0 N–H and O–H groups in total. The molecular weight excluding hydrogens is 318 g/mol. The molecule has 0 aromatic carbocycles. The number of hydrogen-bond donors (Lipinski definition) is 0. The predicted molar refractivity (Wildman–Crippen MR) is 94.4 cm³/mol. The first kappa shape index (κ1) is 17.7. The molecule has 3 rings (SSSR count). The third-order valence-corrected chi connectivity index (χ3v) is 4.86. The SMILES string of the molecule is COCCn1c(C)cnc1CC1CCCN(C(=O)c2cn(C)cn2)C1. The van der Waals surface area contributed by atoms with Crippen molar-refractivity contribution >= 4 is 5.91 Å². The molecule has 1 atom stereocenters. The Kier molecular flexibility index (Phi) is 5.53. The quantitative estimate of drug-likeness (QED) is 0.799. The van der Waals surface area contributed by atoms with Crippen LogP contribution in [-0.4, -0.2) is 56.7 Å². The van der Waals surface area contributed by atoms with Crippen LogP contribution in [0.3, 0.4) is 0 Å². The molecule has 0 bridgehead atoms. The number of likely N-dealkylation sites (tertiary alicyclic amines) is 1. The van der Waals surface area contributed by atoms with Gasteiger partial charge in [0.1, 0.15) is 11.5 Å². The van der Waals surface area contributed by atoms with Crippen LogP contribution in [0.1, 0.15) is 34.8 Å². The zero-order valence-corrected chi connectivity index (χ0v) is 15.3. The van der Waals surface area contributed by atoms with Gasteiger partial charge >= 0.3 is 0 Å². The summed E-state index contributed by atoms with van der Waals surface area (Å²) in [6.07, 6.45) is 8.42. The number of methoxy groups -OCH3 is 1. The van der Waals surface area contributed by atoms with Gasteiger partial charge in [-0.1, -0.05) is 0 Å². The first-order valence-corrected chi connectivity index (χ1v) is 8.85. The van der Waals surface area contributed by atoms with E-state index in [4.69, 9.17) is 4.74 Å². The van der Waals surface area contributed by atoms with E-state index in [0.29, 0.717) is 18.2 Å². The second-order valence-electron chi connectivity index (χ2n) is 6.85. The Hall–Kier alpha value is -2.15. The van der Waals surface area contributed by atoms with E-state index in [1.54, 1.807) is 19.6 Å². The minimum absolute atomic E-state index is 0.0317. The summed E-state index contributed by atoms with van der Waals surface area (Å²) in [4.78, 5) is 23.3. The number of amides is 1. The summed E-state index contributed by atoms with van der Waals surface area (Å²) in [5, 5.41) is 0. The van der Waals surface area contributed by atoms with E-state index in [1.165, 1.54) is 0 Å². The number of hydrogen-bond acceptors (Lipinski definition) is 4. The Morgan fingerprint density at radius 3 is 2.96 bits per heavy atom. The van der Waals surface area contributed by atoms with Crippen molar-refractivity contribution in [1.82, 2.24) is 24.0 Å². The third-order valence-electron chi connectivity index (χ3n) is 4.86. The van der Waals surface area contributed by atoms with Crippen molar-refractivity contribution < 1.29 is 9.53 Å². The second kappa shape index (κ2) is 7.82. The molecule has 0 radical (unpaired) electrons. The maximum Gasteiger partial charge on any atom is 0.274 e. The largest absolute Gasteiger partial charge is 0.383 e. The smallest absolute Gasteiger partial charge is 0.274 e. The van der Waals surface area contributed by atoms with E-state index < -0.39 is 0 Å². The molecule has 3 heterocycles. The molecule has 1 aliphatic rings. The zero-order valence-electron chi connectivity index (χ0n) is 15.3. The highest BCUT2D eigenvalue weighted by Crippen LogP contribution is 2.22. The number of imidazole rings is 2. The van der Waals surface area contributed by atoms with Gasteiger partial charge < -0.3 is 18.8 Å². The van der Waals surface area contributed by atoms with E-state index in [1.807, 2.05) is 22.7 Å². The molecule has 1 saturated heterocycles. The molecule has 1 amide bonds. The number of ether oxygens (including phenoxy) is 1. The average molecular weight is 345 g/mol. The first-order chi connectivity index (χ1) is 12.1. The monoisotopic (exact) mass is 345 g/mol. The lowest BCUT2D eigenvalue weighted by atomic mass is 9.94. The lowest BCUT2D eigenvalue weighted by Crippen LogP contribution is -2.41. The molecule has 7 nitrogen and oxygen atoms in total. The van der Waals surface area contributed by atoms with Gasteiger partial charge in [0.15, 0.2) is 0 Å². The minimum atomic E-state index is 0.0317. The normalized spacial score (nSPS) is 17.9. The van der Waals surface area contributed by atoms with E-state index in [0.717, 1.165) is 50.4 Å². The van der Waals surface area contributed by atoms with Crippen molar-refractivity contribution in [1.29, 1.82) is 0 Å². The Morgan fingerprint density at radius 2 is 2.24 bits per heavy atom. The molecule has 0 saturated carbocycles. The van der Waals surface area contributed by atoms with Crippen LogP contribution in [0.4, 0.5) is 0 Å². The van der Waals surface area contributed by atoms with Gasteiger partial charge in [0, 0.05) is 58.3 Å². The fourth-order valence-corrected chi connectivity index (χ4v) is 3.52. The number of carbonyl (C=O) groups excluding carboxylic acids is 1. The van der Waals surface area contributed by atoms with E-state index in [2.05, 4.69) is 21.5 Å². The summed E-state index contributed by atoms with van der Waals surface area (Å²) >= 11 is 0. The number of carbonyl (C=O) groups is 1. The van der Waals surface area contributed by atoms with Crippen molar-refractivity contribution in [2.45, 2.75) is 32.7 Å². The highest BCUT2D eigenvalue weighted by molar-refractivity contribution is 5.92. The van der Waals surface area contributed by atoms with Crippen molar-refractivity contribution in [2.75, 3.05) is 26.8 Å². The summed E-state index contributed by atoms with van der Waals surface area (Å²) in [7, 11) is 3.60. The van der Waals surface area contributed by atoms with Gasteiger partial charge in [0.25, 0.3) is 5.91 Å². The zero-order chi connectivity index (χ0) is 17.8. The van der Waals surface area contributed by atoms with Crippen LogP contribution in [0, 0.1) is 12.8 Å². The number of aromatic nitrogens is 4. The van der Waals surface area contributed by atoms with Crippen LogP contribution in [0.25, 0.3) is 0 Å². The molecule has 0 spiro atoms. The van der Waals surface area contributed by atoms with E-state index in [-0.39, 0.29) is 5.91 Å². The number of aryl methyl sites for hydroxylation is 2. The number of rotatable bonds is 6. The van der Waals surface area contributed by atoms with Gasteiger partial charge in [-0.3, -0.25) is 4.79 Å². The first-order valence-electron chi connectivity index (χ1n) is 8.85. The standard InChI is InChI=1S/C18H27N5O2/c1-14-10-19-17(23(14)7-8-25-3)9-15-5-4-6-22(11-15)18(24)16-12-21(2)13-20-16/h10,12-13,15H,4-9,11H2,1-3H3. The van der Waals surface area contributed by atoms with Gasteiger partial charge in [-0.2, -0.15) is 0 Å². The molecule has 0 aliphatic carbocycles. The third kappa shape index (κ3) is 4.10. The van der Waals surface area contributed by atoms with Gasteiger partial charge in [-0.25, -0.2) is 9.97 Å². The summed E-state index contributed by atoms with van der Waals surface area (Å²) in [6.45, 7) is 5.15. The van der Waals surface area contributed by atoms with E-state index in [9.17, 15) is 4.79 Å². The summed E-state index contributed by atoms with van der Waals surface area (Å²) in [6, 6.07) is 0. The van der Waals surface area contributed by atoms with Gasteiger partial charge in [0.2, 0.25) is 0 Å². The average Bonchev–Trinajstić information content (AvgIpc) is 3.19. The Labute approximate surface area is 148 Å². The topological polar surface area (TPSA) is 65.2 Å². The molecule has 2 aromatic rings. The van der Waals surface area contributed by atoms with Crippen molar-refractivity contribution in [3.05, 3.63) is 35.9 Å². The summed E-state index contributed by atoms with van der Waals surface area (Å²) in [5.41, 5.74) is 1.69. The van der Waals surface area contributed by atoms with E-state index >= 15 is 0 Å².